The fourth-order valence-electron chi connectivity index (χ4n) is 3.99. The lowest BCUT2D eigenvalue weighted by Crippen LogP contribution is -2.31. The number of nitrogens with zero attached hydrogens (tertiary/aromatic N) is 1. The van der Waals surface area contributed by atoms with Gasteiger partial charge >= 0.3 is 0 Å². The SMILES string of the molecule is Cc1cc(C)c2oc3c(c(=O)c2c1)[C@H](c1cccc(O)c1)N(CCCO)C3=O. The topological polar surface area (TPSA) is 91.0 Å². The van der Waals surface area contributed by atoms with Crippen molar-refractivity contribution < 1.29 is 19.4 Å². The van der Waals surface area contributed by atoms with Crippen LogP contribution in [0.3, 0.4) is 0 Å². The summed E-state index contributed by atoms with van der Waals surface area (Å²) in [6.45, 7) is 3.95. The summed E-state index contributed by atoms with van der Waals surface area (Å²) < 4.78 is 5.96. The molecular formula is C22H21NO5. The zero-order valence-corrected chi connectivity index (χ0v) is 15.7. The Morgan fingerprint density at radius 3 is 2.64 bits per heavy atom. The van der Waals surface area contributed by atoms with E-state index in [4.69, 9.17) is 4.42 Å². The summed E-state index contributed by atoms with van der Waals surface area (Å²) in [7, 11) is 0. The van der Waals surface area contributed by atoms with Crippen LogP contribution in [0.5, 0.6) is 5.75 Å². The number of aliphatic hydroxyl groups excluding tert-OH is 1. The molecule has 6 heteroatoms. The van der Waals surface area contributed by atoms with Crippen LogP contribution in [0.4, 0.5) is 0 Å². The maximum Gasteiger partial charge on any atom is 0.290 e. The number of hydrogen-bond acceptors (Lipinski definition) is 5. The number of aromatic hydroxyl groups is 1. The lowest BCUT2D eigenvalue weighted by atomic mass is 9.97. The lowest BCUT2D eigenvalue weighted by molar-refractivity contribution is 0.0716. The number of amides is 1. The normalized spacial score (nSPS) is 16.0. The van der Waals surface area contributed by atoms with Gasteiger partial charge in [0.05, 0.1) is 17.0 Å². The van der Waals surface area contributed by atoms with Gasteiger partial charge in [-0.15, -0.1) is 0 Å². The molecule has 2 aromatic carbocycles. The number of carbonyl (C=O) groups is 1. The quantitative estimate of drug-likeness (QED) is 0.727. The van der Waals surface area contributed by atoms with Gasteiger partial charge in [0.15, 0.2) is 5.43 Å². The van der Waals surface area contributed by atoms with Crippen molar-refractivity contribution in [2.75, 3.05) is 13.2 Å². The second-order valence-electron chi connectivity index (χ2n) is 7.21. The first kappa shape index (κ1) is 18.3. The van der Waals surface area contributed by atoms with E-state index in [0.717, 1.165) is 11.1 Å². The molecule has 28 heavy (non-hydrogen) atoms. The molecule has 1 aliphatic heterocycles. The van der Waals surface area contributed by atoms with Crippen molar-refractivity contribution in [1.29, 1.82) is 0 Å². The number of aliphatic hydroxyl groups is 1. The summed E-state index contributed by atoms with van der Waals surface area (Å²) >= 11 is 0. The molecule has 1 amide bonds. The molecule has 1 aliphatic rings. The Labute approximate surface area is 161 Å². The van der Waals surface area contributed by atoms with Crippen LogP contribution in [0.1, 0.15) is 45.3 Å². The summed E-state index contributed by atoms with van der Waals surface area (Å²) in [4.78, 5) is 28.0. The zero-order valence-electron chi connectivity index (χ0n) is 15.7. The van der Waals surface area contributed by atoms with Gasteiger partial charge in [-0.1, -0.05) is 18.2 Å². The molecule has 0 bridgehead atoms. The summed E-state index contributed by atoms with van der Waals surface area (Å²) in [5.74, 6) is -0.288. The molecule has 4 rings (SSSR count). The maximum absolute atomic E-state index is 13.4. The van der Waals surface area contributed by atoms with Gasteiger partial charge in [-0.2, -0.15) is 0 Å². The fourth-order valence-corrected chi connectivity index (χ4v) is 3.99. The highest BCUT2D eigenvalue weighted by atomic mass is 16.3. The molecule has 0 spiro atoms. The molecule has 1 atom stereocenters. The van der Waals surface area contributed by atoms with E-state index < -0.39 is 6.04 Å². The van der Waals surface area contributed by atoms with E-state index >= 15 is 0 Å². The maximum atomic E-state index is 13.4. The molecule has 2 heterocycles. The number of rotatable bonds is 4. The number of fused-ring (bicyclic) bond motifs is 2. The molecule has 0 radical (unpaired) electrons. The molecule has 1 aromatic heterocycles. The minimum absolute atomic E-state index is 0.0377. The largest absolute Gasteiger partial charge is 0.508 e. The van der Waals surface area contributed by atoms with Crippen LogP contribution in [-0.2, 0) is 0 Å². The van der Waals surface area contributed by atoms with Crippen molar-refractivity contribution >= 4 is 16.9 Å². The second-order valence-corrected chi connectivity index (χ2v) is 7.21. The number of phenols is 1. The van der Waals surface area contributed by atoms with E-state index in [2.05, 4.69) is 0 Å². The predicted octanol–water partition coefficient (Wildman–Crippen LogP) is 3.04. The van der Waals surface area contributed by atoms with Gasteiger partial charge in [-0.25, -0.2) is 0 Å². The molecule has 144 valence electrons. The van der Waals surface area contributed by atoms with E-state index in [1.807, 2.05) is 19.9 Å². The minimum atomic E-state index is -0.664. The Morgan fingerprint density at radius 2 is 1.93 bits per heavy atom. The van der Waals surface area contributed by atoms with E-state index in [9.17, 15) is 19.8 Å². The van der Waals surface area contributed by atoms with Gasteiger partial charge in [0.25, 0.3) is 5.91 Å². The van der Waals surface area contributed by atoms with Gasteiger partial charge in [-0.3, -0.25) is 9.59 Å². The molecule has 2 N–H and O–H groups in total. The summed E-state index contributed by atoms with van der Waals surface area (Å²) in [6.07, 6.45) is 0.376. The third-order valence-corrected chi connectivity index (χ3v) is 5.14. The molecule has 0 saturated heterocycles. The second kappa shape index (κ2) is 6.80. The van der Waals surface area contributed by atoms with E-state index in [1.165, 1.54) is 11.0 Å². The Bertz CT molecular complexity index is 1150. The summed E-state index contributed by atoms with van der Waals surface area (Å²) in [5, 5.41) is 19.6. The van der Waals surface area contributed by atoms with Crippen LogP contribution in [0.25, 0.3) is 11.0 Å². The summed E-state index contributed by atoms with van der Waals surface area (Å²) in [5.41, 5.74) is 2.82. The van der Waals surface area contributed by atoms with Crippen LogP contribution in [0.15, 0.2) is 45.6 Å². The Morgan fingerprint density at radius 1 is 1.14 bits per heavy atom. The van der Waals surface area contributed by atoms with Gasteiger partial charge < -0.3 is 19.5 Å². The molecule has 0 fully saturated rings. The first-order chi connectivity index (χ1) is 13.4. The standard InChI is InChI=1S/C22H21NO5/c1-12-9-13(2)20-16(10-12)19(26)17-18(14-5-3-6-15(25)11-14)23(7-4-8-24)22(27)21(17)28-20/h3,5-6,9-11,18,24-25H,4,7-8H2,1-2H3/t18-/m0/s1. The third-order valence-electron chi connectivity index (χ3n) is 5.14. The zero-order chi connectivity index (χ0) is 20.0. The van der Waals surface area contributed by atoms with Crippen molar-refractivity contribution in [2.24, 2.45) is 0 Å². The highest BCUT2D eigenvalue weighted by Gasteiger charge is 2.42. The molecule has 0 aliphatic carbocycles. The smallest absolute Gasteiger partial charge is 0.290 e. The Balaban J connectivity index is 2.01. The molecule has 3 aromatic rings. The molecule has 6 nitrogen and oxygen atoms in total. The highest BCUT2D eigenvalue weighted by molar-refractivity contribution is 5.99. The lowest BCUT2D eigenvalue weighted by Gasteiger charge is -2.24. The molecule has 0 unspecified atom stereocenters. The molecule has 0 saturated carbocycles. The Kier molecular flexibility index (Phi) is 4.43. The third kappa shape index (κ3) is 2.77. The number of carbonyl (C=O) groups excluding carboxylic acids is 1. The summed E-state index contributed by atoms with van der Waals surface area (Å²) in [6, 6.07) is 9.54. The van der Waals surface area contributed by atoms with Gasteiger partial charge in [0, 0.05) is 13.2 Å². The van der Waals surface area contributed by atoms with Crippen LogP contribution in [0, 0.1) is 13.8 Å². The first-order valence-electron chi connectivity index (χ1n) is 9.21. The van der Waals surface area contributed by atoms with Crippen LogP contribution in [0.2, 0.25) is 0 Å². The van der Waals surface area contributed by atoms with Crippen molar-refractivity contribution in [1.82, 2.24) is 4.90 Å². The van der Waals surface area contributed by atoms with Gasteiger partial charge in [0.1, 0.15) is 11.3 Å². The van der Waals surface area contributed by atoms with Crippen molar-refractivity contribution in [3.8, 4) is 5.75 Å². The van der Waals surface area contributed by atoms with Crippen molar-refractivity contribution in [2.45, 2.75) is 26.3 Å². The average Bonchev–Trinajstić information content (AvgIpc) is 2.93. The number of aryl methyl sites for hydroxylation is 2. The average molecular weight is 379 g/mol. The number of benzene rings is 2. The fraction of sp³-hybridized carbons (Fsp3) is 0.273. The van der Waals surface area contributed by atoms with Crippen LogP contribution < -0.4 is 5.43 Å². The van der Waals surface area contributed by atoms with E-state index in [-0.39, 0.29) is 41.6 Å². The first-order valence-corrected chi connectivity index (χ1v) is 9.21. The van der Waals surface area contributed by atoms with Crippen molar-refractivity contribution in [3.63, 3.8) is 0 Å². The number of phenolic OH excluding ortho intramolecular Hbond substituents is 1. The predicted molar refractivity (Wildman–Crippen MR) is 105 cm³/mol. The number of hydrogen-bond donors (Lipinski definition) is 2. The van der Waals surface area contributed by atoms with Crippen molar-refractivity contribution in [3.05, 3.63) is 74.6 Å². The highest BCUT2D eigenvalue weighted by Crippen LogP contribution is 2.39. The molecular weight excluding hydrogens is 358 g/mol. The minimum Gasteiger partial charge on any atom is -0.508 e. The van der Waals surface area contributed by atoms with E-state index in [1.54, 1.807) is 24.3 Å². The van der Waals surface area contributed by atoms with Crippen LogP contribution >= 0.6 is 0 Å². The van der Waals surface area contributed by atoms with Gasteiger partial charge in [-0.05, 0) is 55.2 Å². The monoisotopic (exact) mass is 379 g/mol. The van der Waals surface area contributed by atoms with Crippen LogP contribution in [-0.4, -0.2) is 34.2 Å². The van der Waals surface area contributed by atoms with Gasteiger partial charge in [0.2, 0.25) is 5.76 Å². The van der Waals surface area contributed by atoms with E-state index in [0.29, 0.717) is 23.0 Å². The Hall–Kier alpha value is -3.12.